The Morgan fingerprint density at radius 1 is 0.479 bits per heavy atom. The third kappa shape index (κ3) is 4.62. The van der Waals surface area contributed by atoms with Crippen LogP contribution in [0.4, 0.5) is 34.4 Å². The lowest BCUT2D eigenvalue weighted by atomic mass is 9.83. The highest BCUT2D eigenvalue weighted by molar-refractivity contribution is 6.31. The zero-order valence-electron chi connectivity index (χ0n) is 25.4. The molecule has 0 bridgehead atoms. The number of aryl methyl sites for hydroxylation is 1. The highest BCUT2D eigenvalue weighted by Crippen LogP contribution is 2.40. The molecule has 0 saturated carbocycles. The number of rotatable bonds is 6. The van der Waals surface area contributed by atoms with Crippen LogP contribution in [0, 0.1) is 6.92 Å². The summed E-state index contributed by atoms with van der Waals surface area (Å²) in [4.78, 5) is 66.6. The highest BCUT2D eigenvalue weighted by Gasteiger charge is 2.33. The number of nitrogens with one attached hydrogen (secondary N) is 3. The van der Waals surface area contributed by atoms with Gasteiger partial charge in [0, 0.05) is 39.1 Å². The normalized spacial score (nSPS) is 12.9. The van der Waals surface area contributed by atoms with Crippen LogP contribution < -0.4 is 16.0 Å². The van der Waals surface area contributed by atoms with Crippen LogP contribution >= 0.6 is 0 Å². The molecule has 8 rings (SSSR count). The van der Waals surface area contributed by atoms with Gasteiger partial charge < -0.3 is 16.0 Å². The van der Waals surface area contributed by atoms with Gasteiger partial charge in [-0.2, -0.15) is 0 Å². The summed E-state index contributed by atoms with van der Waals surface area (Å²) >= 11 is 0. The van der Waals surface area contributed by atoms with Crippen LogP contribution in [-0.4, -0.2) is 38.1 Å². The average molecular weight is 629 g/mol. The summed E-state index contributed by atoms with van der Waals surface area (Å²) in [5.74, 6) is -0.652. The number of fused-ring (bicyclic) bond motifs is 4. The van der Waals surface area contributed by atoms with E-state index in [1.54, 1.807) is 91.0 Å². The lowest BCUT2D eigenvalue weighted by molar-refractivity contribution is 0.0979. The van der Waals surface area contributed by atoms with Crippen LogP contribution in [0.3, 0.4) is 0 Å². The minimum absolute atomic E-state index is 0.214. The number of anilines is 6. The van der Waals surface area contributed by atoms with Gasteiger partial charge in [-0.05, 0) is 36.8 Å². The number of aromatic nitrogens is 3. The molecule has 0 aliphatic heterocycles. The van der Waals surface area contributed by atoms with E-state index in [-0.39, 0.29) is 28.7 Å². The maximum absolute atomic E-state index is 13.8. The molecule has 6 aromatic rings. The first kappa shape index (κ1) is 28.6. The predicted octanol–water partition coefficient (Wildman–Crippen LogP) is 6.96. The van der Waals surface area contributed by atoms with E-state index in [4.69, 9.17) is 0 Å². The second-order valence-corrected chi connectivity index (χ2v) is 11.4. The minimum atomic E-state index is -0.263. The van der Waals surface area contributed by atoms with Gasteiger partial charge in [0.15, 0.2) is 23.1 Å². The van der Waals surface area contributed by atoms with Crippen LogP contribution in [0.1, 0.15) is 69.2 Å². The Bertz CT molecular complexity index is 2370. The number of carbonyl (C=O) groups excluding carboxylic acids is 4. The molecule has 230 valence electrons. The summed E-state index contributed by atoms with van der Waals surface area (Å²) in [6.45, 7) is 1.89. The van der Waals surface area contributed by atoms with Crippen molar-refractivity contribution in [3.8, 4) is 0 Å². The summed E-state index contributed by atoms with van der Waals surface area (Å²) in [6, 6.07) is 27.6. The fourth-order valence-electron chi connectivity index (χ4n) is 6.34. The maximum atomic E-state index is 13.8. The van der Waals surface area contributed by atoms with Gasteiger partial charge in [0.05, 0.1) is 33.9 Å². The number of hydrogen-bond acceptors (Lipinski definition) is 10. The molecule has 0 fully saturated rings. The van der Waals surface area contributed by atoms with E-state index in [1.807, 2.05) is 13.0 Å². The van der Waals surface area contributed by atoms with Gasteiger partial charge in [-0.15, -0.1) is 0 Å². The van der Waals surface area contributed by atoms with Crippen LogP contribution in [0.5, 0.6) is 0 Å². The lowest BCUT2D eigenvalue weighted by Crippen LogP contribution is -2.22. The van der Waals surface area contributed by atoms with Crippen molar-refractivity contribution in [2.24, 2.45) is 0 Å². The molecule has 3 N–H and O–H groups in total. The number of benzene rings is 5. The maximum Gasteiger partial charge on any atom is 0.230 e. The Labute approximate surface area is 273 Å². The molecule has 1 heterocycles. The van der Waals surface area contributed by atoms with Crippen molar-refractivity contribution in [3.63, 3.8) is 0 Å². The first-order valence-corrected chi connectivity index (χ1v) is 15.1. The van der Waals surface area contributed by atoms with Crippen molar-refractivity contribution in [1.82, 2.24) is 15.0 Å². The SMILES string of the molecule is Cc1cc(Nc2cccc3c2C(=O)c2ccccc2C3=O)cc(Nc2cccc3c2C(=O)c2ccccc2C3=O)c1Nc1ncncn1. The van der Waals surface area contributed by atoms with Crippen molar-refractivity contribution in [2.45, 2.75) is 6.92 Å². The second kappa shape index (κ2) is 11.2. The first-order chi connectivity index (χ1) is 23.4. The third-order valence-electron chi connectivity index (χ3n) is 8.52. The third-order valence-corrected chi connectivity index (χ3v) is 8.52. The van der Waals surface area contributed by atoms with E-state index in [9.17, 15) is 19.2 Å². The van der Waals surface area contributed by atoms with E-state index in [1.165, 1.54) is 12.7 Å². The molecule has 0 atom stereocenters. The van der Waals surface area contributed by atoms with E-state index in [0.29, 0.717) is 73.3 Å². The fraction of sp³-hybridized carbons (Fsp3) is 0.0263. The molecule has 2 aliphatic rings. The van der Waals surface area contributed by atoms with E-state index < -0.39 is 0 Å². The molecule has 0 radical (unpaired) electrons. The van der Waals surface area contributed by atoms with E-state index in [0.717, 1.165) is 5.56 Å². The molecule has 0 spiro atoms. The second-order valence-electron chi connectivity index (χ2n) is 11.4. The zero-order chi connectivity index (χ0) is 32.9. The Morgan fingerprint density at radius 3 is 1.50 bits per heavy atom. The van der Waals surface area contributed by atoms with Crippen LogP contribution in [0.25, 0.3) is 0 Å². The Balaban J connectivity index is 1.23. The van der Waals surface area contributed by atoms with Gasteiger partial charge >= 0.3 is 0 Å². The highest BCUT2D eigenvalue weighted by atomic mass is 16.1. The number of carbonyl (C=O) groups is 4. The van der Waals surface area contributed by atoms with Crippen molar-refractivity contribution < 1.29 is 19.2 Å². The first-order valence-electron chi connectivity index (χ1n) is 15.1. The van der Waals surface area contributed by atoms with Crippen molar-refractivity contribution in [3.05, 3.63) is 160 Å². The lowest BCUT2D eigenvalue weighted by Gasteiger charge is -2.23. The summed E-state index contributed by atoms with van der Waals surface area (Å²) in [5.41, 5.74) is 6.04. The van der Waals surface area contributed by atoms with Gasteiger partial charge in [-0.3, -0.25) is 19.2 Å². The Kier molecular flexibility index (Phi) is 6.69. The topological polar surface area (TPSA) is 143 Å². The summed E-state index contributed by atoms with van der Waals surface area (Å²) in [5, 5.41) is 9.99. The monoisotopic (exact) mass is 628 g/mol. The van der Waals surface area contributed by atoms with Gasteiger partial charge in [0.2, 0.25) is 5.95 Å². The van der Waals surface area contributed by atoms with E-state index in [2.05, 4.69) is 30.9 Å². The van der Waals surface area contributed by atoms with Crippen LogP contribution in [-0.2, 0) is 0 Å². The van der Waals surface area contributed by atoms with Gasteiger partial charge in [0.1, 0.15) is 12.7 Å². The molecule has 10 heteroatoms. The molecule has 0 saturated heterocycles. The molecule has 0 unspecified atom stereocenters. The molecular weight excluding hydrogens is 604 g/mol. The molecule has 10 nitrogen and oxygen atoms in total. The van der Waals surface area contributed by atoms with Crippen LogP contribution in [0.2, 0.25) is 0 Å². The minimum Gasteiger partial charge on any atom is -0.355 e. The smallest absolute Gasteiger partial charge is 0.230 e. The largest absolute Gasteiger partial charge is 0.355 e. The molecule has 48 heavy (non-hydrogen) atoms. The average Bonchev–Trinajstić information content (AvgIpc) is 3.11. The molecular formula is C38H24N6O4. The Hall–Kier alpha value is -6.81. The van der Waals surface area contributed by atoms with Crippen molar-refractivity contribution in [2.75, 3.05) is 16.0 Å². The number of ketones is 4. The van der Waals surface area contributed by atoms with E-state index >= 15 is 0 Å². The van der Waals surface area contributed by atoms with Crippen LogP contribution in [0.15, 0.2) is 110 Å². The summed E-state index contributed by atoms with van der Waals surface area (Å²) in [6.07, 6.45) is 2.75. The quantitative estimate of drug-likeness (QED) is 0.177. The predicted molar refractivity (Wildman–Crippen MR) is 180 cm³/mol. The Morgan fingerprint density at radius 2 is 0.958 bits per heavy atom. The number of nitrogens with zero attached hydrogens (tertiary/aromatic N) is 3. The van der Waals surface area contributed by atoms with Gasteiger partial charge in [-0.1, -0.05) is 72.8 Å². The van der Waals surface area contributed by atoms with Crippen molar-refractivity contribution >= 4 is 57.5 Å². The van der Waals surface area contributed by atoms with Gasteiger partial charge in [0.25, 0.3) is 0 Å². The summed E-state index contributed by atoms with van der Waals surface area (Å²) < 4.78 is 0. The molecule has 2 aliphatic carbocycles. The van der Waals surface area contributed by atoms with Crippen molar-refractivity contribution in [1.29, 1.82) is 0 Å². The van der Waals surface area contributed by atoms with Gasteiger partial charge in [-0.25, -0.2) is 15.0 Å². The fourth-order valence-corrected chi connectivity index (χ4v) is 6.34. The molecule has 0 amide bonds. The molecule has 5 aromatic carbocycles. The zero-order valence-corrected chi connectivity index (χ0v) is 25.4. The number of hydrogen-bond donors (Lipinski definition) is 3. The standard InChI is InChI=1S/C38H24N6O4/c1-20-16-21(42-28-14-6-12-26-31(28)36(47)24-10-4-2-8-22(24)34(26)45)17-30(33(20)44-38-40-18-39-19-41-38)43-29-15-7-13-27-32(29)37(48)25-11-5-3-9-23(25)35(27)46/h2-19,42-43H,1H3,(H,39,40,41,44). The molecule has 1 aromatic heterocycles. The summed E-state index contributed by atoms with van der Waals surface area (Å²) in [7, 11) is 0.